The molecule has 0 aromatic heterocycles. The molecule has 0 saturated carbocycles. The van der Waals surface area contributed by atoms with E-state index in [-0.39, 0.29) is 16.4 Å². The van der Waals surface area contributed by atoms with Gasteiger partial charge in [-0.25, -0.2) is 0 Å². The van der Waals surface area contributed by atoms with Crippen LogP contribution in [-0.4, -0.2) is 11.0 Å². The molecule has 0 aliphatic heterocycles. The van der Waals surface area contributed by atoms with E-state index in [9.17, 15) is 4.79 Å². The van der Waals surface area contributed by atoms with Crippen molar-refractivity contribution in [3.8, 4) is 11.5 Å². The largest absolute Gasteiger partial charge is 0.457 e. The second-order valence-corrected chi connectivity index (χ2v) is 9.05. The average Bonchev–Trinajstić information content (AvgIpc) is 2.69. The minimum atomic E-state index is -0.266. The second-order valence-electron chi connectivity index (χ2n) is 7.79. The molecule has 1 amide bonds. The van der Waals surface area contributed by atoms with Gasteiger partial charge in [-0.3, -0.25) is 10.1 Å². The Balaban J connectivity index is 1.58. The summed E-state index contributed by atoms with van der Waals surface area (Å²) in [6.45, 7) is 6.38. The van der Waals surface area contributed by atoms with Crippen LogP contribution in [-0.2, 0) is 5.41 Å². The monoisotopic (exact) mass is 482 g/mol. The molecular formula is C24H23BrN2O2S. The number of rotatable bonds is 4. The van der Waals surface area contributed by atoms with Crippen LogP contribution in [0, 0.1) is 0 Å². The number of ether oxygens (including phenoxy) is 1. The molecule has 2 N–H and O–H groups in total. The Hall–Kier alpha value is -2.70. The zero-order valence-electron chi connectivity index (χ0n) is 17.0. The third-order valence-corrected chi connectivity index (χ3v) is 5.22. The lowest BCUT2D eigenvalue weighted by molar-refractivity contribution is 0.0977. The fraction of sp³-hybridized carbons (Fsp3) is 0.167. The number of carbonyl (C=O) groups is 1. The number of anilines is 1. The van der Waals surface area contributed by atoms with Gasteiger partial charge in [-0.1, -0.05) is 61.0 Å². The van der Waals surface area contributed by atoms with E-state index < -0.39 is 0 Å². The van der Waals surface area contributed by atoms with Crippen LogP contribution in [0.15, 0.2) is 77.3 Å². The van der Waals surface area contributed by atoms with Gasteiger partial charge >= 0.3 is 0 Å². The maximum absolute atomic E-state index is 12.5. The number of carbonyl (C=O) groups excluding carboxylic acids is 1. The van der Waals surface area contributed by atoms with E-state index in [2.05, 4.69) is 47.3 Å². The fourth-order valence-electron chi connectivity index (χ4n) is 2.83. The highest BCUT2D eigenvalue weighted by Gasteiger charge is 2.18. The fourth-order valence-corrected chi connectivity index (χ4v) is 4.02. The zero-order valence-corrected chi connectivity index (χ0v) is 19.4. The summed E-state index contributed by atoms with van der Waals surface area (Å²) in [7, 11) is 0. The first-order valence-corrected chi connectivity index (χ1v) is 10.7. The Morgan fingerprint density at radius 2 is 1.57 bits per heavy atom. The predicted molar refractivity (Wildman–Crippen MR) is 129 cm³/mol. The Kier molecular flexibility index (Phi) is 6.90. The lowest BCUT2D eigenvalue weighted by Gasteiger charge is -2.21. The van der Waals surface area contributed by atoms with Crippen LogP contribution in [0.25, 0.3) is 0 Å². The molecule has 3 aromatic carbocycles. The Labute approximate surface area is 190 Å². The maximum Gasteiger partial charge on any atom is 0.257 e. The highest BCUT2D eigenvalue weighted by molar-refractivity contribution is 9.10. The van der Waals surface area contributed by atoms with Gasteiger partial charge in [-0.05, 0) is 71.7 Å². The van der Waals surface area contributed by atoms with Crippen molar-refractivity contribution in [2.75, 3.05) is 5.32 Å². The number of thiocarbonyl (C=S) groups is 1. The minimum Gasteiger partial charge on any atom is -0.457 e. The summed E-state index contributed by atoms with van der Waals surface area (Å²) in [6, 6.07) is 22.5. The summed E-state index contributed by atoms with van der Waals surface area (Å²) in [6.07, 6.45) is 0. The molecule has 3 rings (SSSR count). The highest BCUT2D eigenvalue weighted by Crippen LogP contribution is 2.30. The van der Waals surface area contributed by atoms with Crippen molar-refractivity contribution in [1.29, 1.82) is 0 Å². The number of hydrogen-bond acceptors (Lipinski definition) is 3. The SMILES string of the molecule is CC(C)(C)c1ccc(C(=O)NC(=S)Nc2ccc(Oc3ccccc3)cc2)cc1Br. The van der Waals surface area contributed by atoms with Gasteiger partial charge in [0.15, 0.2) is 5.11 Å². The Morgan fingerprint density at radius 1 is 0.933 bits per heavy atom. The van der Waals surface area contributed by atoms with Crippen LogP contribution in [0.4, 0.5) is 5.69 Å². The predicted octanol–water partition coefficient (Wildman–Crippen LogP) is 6.67. The number of para-hydroxylation sites is 1. The van der Waals surface area contributed by atoms with Crippen molar-refractivity contribution in [1.82, 2.24) is 5.32 Å². The zero-order chi connectivity index (χ0) is 21.7. The minimum absolute atomic E-state index is 0.0128. The standard InChI is InChI=1S/C24H23BrN2O2S/c1-24(2,3)20-14-9-16(15-21(20)25)22(28)27-23(30)26-17-10-12-19(13-11-17)29-18-7-5-4-6-8-18/h4-15H,1-3H3,(H2,26,27,28,30). The van der Waals surface area contributed by atoms with E-state index in [0.717, 1.165) is 21.5 Å². The molecule has 0 aliphatic rings. The third kappa shape index (κ3) is 5.90. The number of benzene rings is 3. The van der Waals surface area contributed by atoms with Crippen LogP contribution in [0.1, 0.15) is 36.7 Å². The third-order valence-electron chi connectivity index (χ3n) is 4.36. The van der Waals surface area contributed by atoms with E-state index >= 15 is 0 Å². The molecule has 0 atom stereocenters. The number of hydrogen-bond donors (Lipinski definition) is 2. The number of amides is 1. The summed E-state index contributed by atoms with van der Waals surface area (Å²) in [5, 5.41) is 5.96. The lowest BCUT2D eigenvalue weighted by Crippen LogP contribution is -2.34. The summed E-state index contributed by atoms with van der Waals surface area (Å²) >= 11 is 8.84. The quantitative estimate of drug-likeness (QED) is 0.407. The molecule has 30 heavy (non-hydrogen) atoms. The second kappa shape index (κ2) is 9.41. The molecule has 0 radical (unpaired) electrons. The summed E-state index contributed by atoms with van der Waals surface area (Å²) in [5.74, 6) is 1.22. The summed E-state index contributed by atoms with van der Waals surface area (Å²) < 4.78 is 6.67. The summed E-state index contributed by atoms with van der Waals surface area (Å²) in [4.78, 5) is 12.5. The van der Waals surface area contributed by atoms with Crippen LogP contribution in [0.2, 0.25) is 0 Å². The van der Waals surface area contributed by atoms with Crippen molar-refractivity contribution >= 4 is 44.9 Å². The van der Waals surface area contributed by atoms with Crippen molar-refractivity contribution < 1.29 is 9.53 Å². The normalized spacial score (nSPS) is 10.9. The van der Waals surface area contributed by atoms with Crippen LogP contribution >= 0.6 is 28.1 Å². The first-order chi connectivity index (χ1) is 14.2. The first kappa shape index (κ1) is 22.0. The van der Waals surface area contributed by atoms with Gasteiger partial charge in [0, 0.05) is 15.7 Å². The smallest absolute Gasteiger partial charge is 0.257 e. The van der Waals surface area contributed by atoms with Crippen LogP contribution in [0.5, 0.6) is 11.5 Å². The van der Waals surface area contributed by atoms with Crippen molar-refractivity contribution in [3.05, 3.63) is 88.4 Å². The molecular weight excluding hydrogens is 460 g/mol. The first-order valence-electron chi connectivity index (χ1n) is 9.48. The van der Waals surface area contributed by atoms with Gasteiger partial charge in [0.25, 0.3) is 5.91 Å². The van der Waals surface area contributed by atoms with Gasteiger partial charge in [0.05, 0.1) is 0 Å². The van der Waals surface area contributed by atoms with E-state index in [1.807, 2.05) is 66.7 Å². The lowest BCUT2D eigenvalue weighted by atomic mass is 9.86. The van der Waals surface area contributed by atoms with E-state index in [0.29, 0.717) is 11.3 Å². The average molecular weight is 483 g/mol. The van der Waals surface area contributed by atoms with Crippen LogP contribution in [0.3, 0.4) is 0 Å². The Bertz CT molecular complexity index is 1050. The molecule has 154 valence electrons. The van der Waals surface area contributed by atoms with Gasteiger partial charge in [-0.2, -0.15) is 0 Å². The molecule has 0 saturated heterocycles. The summed E-state index contributed by atoms with van der Waals surface area (Å²) in [5.41, 5.74) is 2.41. The van der Waals surface area contributed by atoms with E-state index in [4.69, 9.17) is 17.0 Å². The molecule has 0 bridgehead atoms. The van der Waals surface area contributed by atoms with E-state index in [1.54, 1.807) is 6.07 Å². The molecule has 0 unspecified atom stereocenters. The molecule has 0 fully saturated rings. The topological polar surface area (TPSA) is 50.4 Å². The molecule has 6 heteroatoms. The van der Waals surface area contributed by atoms with Crippen molar-refractivity contribution in [2.24, 2.45) is 0 Å². The molecule has 4 nitrogen and oxygen atoms in total. The van der Waals surface area contributed by atoms with Gasteiger partial charge < -0.3 is 10.1 Å². The van der Waals surface area contributed by atoms with Crippen LogP contribution < -0.4 is 15.4 Å². The van der Waals surface area contributed by atoms with Crippen molar-refractivity contribution in [3.63, 3.8) is 0 Å². The van der Waals surface area contributed by atoms with Gasteiger partial charge in [0.2, 0.25) is 0 Å². The Morgan fingerprint density at radius 3 is 2.17 bits per heavy atom. The molecule has 0 aliphatic carbocycles. The highest BCUT2D eigenvalue weighted by atomic mass is 79.9. The maximum atomic E-state index is 12.5. The van der Waals surface area contributed by atoms with Gasteiger partial charge in [-0.15, -0.1) is 0 Å². The van der Waals surface area contributed by atoms with E-state index in [1.165, 1.54) is 0 Å². The van der Waals surface area contributed by atoms with Crippen molar-refractivity contribution in [2.45, 2.75) is 26.2 Å². The molecule has 3 aromatic rings. The molecule has 0 heterocycles. The molecule has 0 spiro atoms. The number of nitrogens with one attached hydrogen (secondary N) is 2. The number of halogens is 1. The van der Waals surface area contributed by atoms with Gasteiger partial charge in [0.1, 0.15) is 11.5 Å².